The van der Waals surface area contributed by atoms with Crippen molar-refractivity contribution in [2.24, 2.45) is 5.92 Å². The number of carbonyl (C=O) groups is 1. The third kappa shape index (κ3) is 6.37. The third-order valence-electron chi connectivity index (χ3n) is 8.39. The van der Waals surface area contributed by atoms with Gasteiger partial charge >= 0.3 is 0 Å². The molecule has 0 N–H and O–H groups in total. The van der Waals surface area contributed by atoms with Crippen LogP contribution in [0.4, 0.5) is 5.69 Å². The van der Waals surface area contributed by atoms with Gasteiger partial charge in [0.25, 0.3) is 0 Å². The van der Waals surface area contributed by atoms with Crippen LogP contribution >= 0.6 is 0 Å². The van der Waals surface area contributed by atoms with Gasteiger partial charge in [-0.05, 0) is 75.1 Å². The lowest BCUT2D eigenvalue weighted by Crippen LogP contribution is -2.49. The van der Waals surface area contributed by atoms with Crippen LogP contribution in [0.1, 0.15) is 63.0 Å². The van der Waals surface area contributed by atoms with Crippen molar-refractivity contribution in [1.82, 2.24) is 9.21 Å². The molecule has 2 saturated heterocycles. The van der Waals surface area contributed by atoms with Crippen LogP contribution in [0.5, 0.6) is 0 Å². The summed E-state index contributed by atoms with van der Waals surface area (Å²) in [6.45, 7) is 5.75. The molecule has 3 aliphatic rings. The molecule has 1 amide bonds. The van der Waals surface area contributed by atoms with Crippen molar-refractivity contribution in [3.63, 3.8) is 0 Å². The van der Waals surface area contributed by atoms with Crippen LogP contribution in [-0.2, 0) is 27.8 Å². The Labute approximate surface area is 222 Å². The first kappa shape index (κ1) is 26.2. The van der Waals surface area contributed by atoms with Crippen molar-refractivity contribution >= 4 is 21.6 Å². The highest BCUT2D eigenvalue weighted by Gasteiger charge is 2.39. The van der Waals surface area contributed by atoms with Crippen molar-refractivity contribution in [1.29, 1.82) is 0 Å². The Hall–Kier alpha value is -2.38. The highest BCUT2D eigenvalue weighted by Crippen LogP contribution is 2.33. The van der Waals surface area contributed by atoms with Crippen molar-refractivity contribution < 1.29 is 13.2 Å². The minimum atomic E-state index is -3.32. The van der Waals surface area contributed by atoms with Crippen LogP contribution in [0, 0.1) is 5.92 Å². The summed E-state index contributed by atoms with van der Waals surface area (Å²) in [7, 11) is -3.32. The zero-order valence-corrected chi connectivity index (χ0v) is 22.9. The van der Waals surface area contributed by atoms with Crippen molar-refractivity contribution in [2.75, 3.05) is 31.1 Å². The average Bonchev–Trinajstić information content (AvgIpc) is 3.76. The maximum absolute atomic E-state index is 13.5. The third-order valence-corrected chi connectivity index (χ3v) is 10.8. The van der Waals surface area contributed by atoms with E-state index in [2.05, 4.69) is 53.4 Å². The molecule has 2 atom stereocenters. The molecule has 0 radical (unpaired) electrons. The number of piperazine rings is 1. The van der Waals surface area contributed by atoms with E-state index in [4.69, 9.17) is 0 Å². The second kappa shape index (κ2) is 11.6. The Morgan fingerprint density at radius 2 is 1.54 bits per heavy atom. The van der Waals surface area contributed by atoms with Gasteiger partial charge in [0, 0.05) is 50.4 Å². The van der Waals surface area contributed by atoms with E-state index in [1.165, 1.54) is 5.56 Å². The standard InChI is InChI=1S/C30H41N3O3S/c1-24-11-18-29(10-6-5-9-25-7-3-2-4-8-25)37(35,36)33(24)23-26-12-16-28(17-13-26)31-19-21-32(22-20-31)30(34)27-14-15-27/h2-4,7-8,12-13,16-17,24,27,29H,5-6,9-11,14-15,18-23H2,1H3. The summed E-state index contributed by atoms with van der Waals surface area (Å²) in [4.78, 5) is 16.7. The first-order valence-corrected chi connectivity index (χ1v) is 15.6. The van der Waals surface area contributed by atoms with Gasteiger partial charge in [-0.1, -0.05) is 48.9 Å². The molecule has 7 heteroatoms. The molecular weight excluding hydrogens is 482 g/mol. The average molecular weight is 524 g/mol. The number of hydrogen-bond donors (Lipinski definition) is 0. The fourth-order valence-electron chi connectivity index (χ4n) is 5.81. The normalized spacial score (nSPS) is 24.2. The van der Waals surface area contributed by atoms with Crippen molar-refractivity contribution in [3.05, 3.63) is 65.7 Å². The molecule has 5 rings (SSSR count). The molecule has 6 nitrogen and oxygen atoms in total. The summed E-state index contributed by atoms with van der Waals surface area (Å²) in [6.07, 6.45) is 7.51. The van der Waals surface area contributed by atoms with Crippen LogP contribution in [0.2, 0.25) is 0 Å². The molecule has 0 bridgehead atoms. The summed E-state index contributed by atoms with van der Waals surface area (Å²) in [5, 5.41) is -0.270. The molecule has 2 heterocycles. The summed E-state index contributed by atoms with van der Waals surface area (Å²) in [5.41, 5.74) is 3.50. The SMILES string of the molecule is CC1CCC(CCCCc2ccccc2)S(=O)(=O)N1Cc1ccc(N2CCN(C(=O)C3CC3)CC2)cc1. The second-order valence-electron chi connectivity index (χ2n) is 11.1. The van der Waals surface area contributed by atoms with E-state index in [9.17, 15) is 13.2 Å². The molecule has 0 aromatic heterocycles. The van der Waals surface area contributed by atoms with Crippen LogP contribution < -0.4 is 4.90 Å². The summed E-state index contributed by atoms with van der Waals surface area (Å²) in [6, 6.07) is 18.8. The van der Waals surface area contributed by atoms with Gasteiger partial charge < -0.3 is 9.80 Å². The molecule has 37 heavy (non-hydrogen) atoms. The lowest BCUT2D eigenvalue weighted by Gasteiger charge is -2.38. The van der Waals surface area contributed by atoms with Crippen LogP contribution in [0.3, 0.4) is 0 Å². The number of nitrogens with zero attached hydrogens (tertiary/aromatic N) is 3. The zero-order valence-electron chi connectivity index (χ0n) is 22.1. The van der Waals surface area contributed by atoms with E-state index in [1.54, 1.807) is 4.31 Å². The fourth-order valence-corrected chi connectivity index (χ4v) is 8.03. The molecule has 2 unspecified atom stereocenters. The van der Waals surface area contributed by atoms with Crippen LogP contribution in [-0.4, -0.2) is 61.0 Å². The topological polar surface area (TPSA) is 60.9 Å². The van der Waals surface area contributed by atoms with Gasteiger partial charge in [0.15, 0.2) is 0 Å². The van der Waals surface area contributed by atoms with E-state index in [0.717, 1.165) is 88.8 Å². The quantitative estimate of drug-likeness (QED) is 0.441. The maximum Gasteiger partial charge on any atom is 0.225 e. The van der Waals surface area contributed by atoms with Gasteiger partial charge in [0.1, 0.15) is 0 Å². The van der Waals surface area contributed by atoms with Crippen molar-refractivity contribution in [3.8, 4) is 0 Å². The Kier molecular flexibility index (Phi) is 8.20. The highest BCUT2D eigenvalue weighted by molar-refractivity contribution is 7.89. The smallest absolute Gasteiger partial charge is 0.225 e. The van der Waals surface area contributed by atoms with Crippen LogP contribution in [0.25, 0.3) is 0 Å². The predicted molar refractivity (Wildman–Crippen MR) is 149 cm³/mol. The molecule has 3 fully saturated rings. The lowest BCUT2D eigenvalue weighted by molar-refractivity contribution is -0.132. The number of rotatable bonds is 9. The lowest BCUT2D eigenvalue weighted by atomic mass is 10.0. The van der Waals surface area contributed by atoms with Gasteiger partial charge in [-0.25, -0.2) is 8.42 Å². The molecule has 2 aromatic carbocycles. The Bertz CT molecular complexity index is 1140. The Morgan fingerprint density at radius 1 is 0.838 bits per heavy atom. The number of aryl methyl sites for hydroxylation is 1. The Balaban J connectivity index is 1.13. The molecule has 2 aliphatic heterocycles. The van der Waals surface area contributed by atoms with Crippen molar-refractivity contribution in [2.45, 2.75) is 76.1 Å². The number of benzene rings is 2. The van der Waals surface area contributed by atoms with Crippen LogP contribution in [0.15, 0.2) is 54.6 Å². The highest BCUT2D eigenvalue weighted by atomic mass is 32.2. The minimum Gasteiger partial charge on any atom is -0.368 e. The van der Waals surface area contributed by atoms with Gasteiger partial charge in [-0.2, -0.15) is 4.31 Å². The number of amides is 1. The molecule has 2 aromatic rings. The monoisotopic (exact) mass is 523 g/mol. The summed E-state index contributed by atoms with van der Waals surface area (Å²) < 4.78 is 28.8. The summed E-state index contributed by atoms with van der Waals surface area (Å²) >= 11 is 0. The van der Waals surface area contributed by atoms with E-state index >= 15 is 0 Å². The number of hydrogen-bond acceptors (Lipinski definition) is 4. The Morgan fingerprint density at radius 3 is 2.22 bits per heavy atom. The predicted octanol–water partition coefficient (Wildman–Crippen LogP) is 4.84. The molecule has 0 spiro atoms. The molecule has 200 valence electrons. The molecule has 1 aliphatic carbocycles. The number of unbranched alkanes of at least 4 members (excludes halogenated alkanes) is 1. The van der Waals surface area contributed by atoms with E-state index in [1.807, 2.05) is 17.9 Å². The van der Waals surface area contributed by atoms with E-state index in [0.29, 0.717) is 12.5 Å². The van der Waals surface area contributed by atoms with Gasteiger partial charge in [-0.3, -0.25) is 4.79 Å². The largest absolute Gasteiger partial charge is 0.368 e. The number of sulfonamides is 1. The fraction of sp³-hybridized carbons (Fsp3) is 0.567. The van der Waals surface area contributed by atoms with Gasteiger partial charge in [0.2, 0.25) is 15.9 Å². The first-order chi connectivity index (χ1) is 17.9. The number of carbonyl (C=O) groups excluding carboxylic acids is 1. The second-order valence-corrected chi connectivity index (χ2v) is 13.3. The molecule has 1 saturated carbocycles. The summed E-state index contributed by atoms with van der Waals surface area (Å²) in [5.74, 6) is 0.620. The molecular formula is C30H41N3O3S. The van der Waals surface area contributed by atoms with E-state index in [-0.39, 0.29) is 17.2 Å². The van der Waals surface area contributed by atoms with E-state index < -0.39 is 10.0 Å². The first-order valence-electron chi connectivity index (χ1n) is 14.1. The maximum atomic E-state index is 13.5. The minimum absolute atomic E-state index is 0.0299. The van der Waals surface area contributed by atoms with Gasteiger partial charge in [0.05, 0.1) is 5.25 Å². The number of anilines is 1. The zero-order chi connectivity index (χ0) is 25.8. The van der Waals surface area contributed by atoms with Gasteiger partial charge in [-0.15, -0.1) is 0 Å².